The van der Waals surface area contributed by atoms with E-state index in [1.165, 1.54) is 12.1 Å². The summed E-state index contributed by atoms with van der Waals surface area (Å²) in [5.74, 6) is -0.848. The molecule has 2 aromatic rings. The van der Waals surface area contributed by atoms with Crippen LogP contribution in [0.15, 0.2) is 23.4 Å². The van der Waals surface area contributed by atoms with Gasteiger partial charge >= 0.3 is 5.97 Å². The zero-order valence-corrected chi connectivity index (χ0v) is 11.3. The third-order valence-corrected chi connectivity index (χ3v) is 3.36. The number of halogens is 1. The molecule has 0 saturated heterocycles. The van der Waals surface area contributed by atoms with Gasteiger partial charge in [0.05, 0.1) is 10.7 Å². The fourth-order valence-corrected chi connectivity index (χ4v) is 2.07. The van der Waals surface area contributed by atoms with Crippen molar-refractivity contribution in [1.82, 2.24) is 15.2 Å². The van der Waals surface area contributed by atoms with E-state index in [0.29, 0.717) is 11.4 Å². The molecular formula is C10H7ClN4O4S. The van der Waals surface area contributed by atoms with Crippen molar-refractivity contribution >= 4 is 35.0 Å². The number of carboxylic acid groups (broad SMARTS) is 1. The van der Waals surface area contributed by atoms with Crippen LogP contribution in [-0.4, -0.2) is 36.9 Å². The summed E-state index contributed by atoms with van der Waals surface area (Å²) in [6.45, 7) is 0. The number of thioether (sulfide) groups is 1. The molecular weight excluding hydrogens is 308 g/mol. The minimum Gasteiger partial charge on any atom is -0.481 e. The van der Waals surface area contributed by atoms with Crippen LogP contribution in [0.2, 0.25) is 5.02 Å². The number of benzene rings is 1. The Kier molecular flexibility index (Phi) is 4.20. The van der Waals surface area contributed by atoms with Crippen molar-refractivity contribution in [3.05, 3.63) is 33.3 Å². The molecule has 20 heavy (non-hydrogen) atoms. The first kappa shape index (κ1) is 14.3. The fraction of sp³-hybridized carbons (Fsp3) is 0.100. The van der Waals surface area contributed by atoms with E-state index in [9.17, 15) is 14.9 Å². The maximum absolute atomic E-state index is 10.8. The molecule has 8 nitrogen and oxygen atoms in total. The predicted molar refractivity (Wildman–Crippen MR) is 71.8 cm³/mol. The van der Waals surface area contributed by atoms with Gasteiger partial charge in [-0.05, 0) is 12.1 Å². The highest BCUT2D eigenvalue weighted by Crippen LogP contribution is 2.29. The highest BCUT2D eigenvalue weighted by Gasteiger charge is 2.15. The van der Waals surface area contributed by atoms with Gasteiger partial charge in [-0.2, -0.15) is 0 Å². The average Bonchev–Trinajstić information content (AvgIpc) is 2.85. The summed E-state index contributed by atoms with van der Waals surface area (Å²) in [6.07, 6.45) is 0. The van der Waals surface area contributed by atoms with Gasteiger partial charge in [-0.3, -0.25) is 20.0 Å². The topological polar surface area (TPSA) is 122 Å². The Morgan fingerprint density at radius 1 is 1.55 bits per heavy atom. The third kappa shape index (κ3) is 3.25. The van der Waals surface area contributed by atoms with Crippen LogP contribution in [0, 0.1) is 10.1 Å². The molecule has 0 aliphatic carbocycles. The van der Waals surface area contributed by atoms with Gasteiger partial charge in [-0.15, -0.1) is 5.10 Å². The largest absolute Gasteiger partial charge is 0.481 e. The smallest absolute Gasteiger partial charge is 0.313 e. The van der Waals surface area contributed by atoms with E-state index in [1.807, 2.05) is 0 Å². The van der Waals surface area contributed by atoms with E-state index < -0.39 is 10.9 Å². The lowest BCUT2D eigenvalue weighted by molar-refractivity contribution is -0.384. The van der Waals surface area contributed by atoms with E-state index in [4.69, 9.17) is 16.7 Å². The molecule has 0 aliphatic rings. The van der Waals surface area contributed by atoms with Crippen molar-refractivity contribution in [2.24, 2.45) is 0 Å². The number of carboxylic acids is 1. The maximum Gasteiger partial charge on any atom is 0.313 e. The van der Waals surface area contributed by atoms with E-state index in [0.717, 1.165) is 11.8 Å². The average molecular weight is 315 g/mol. The van der Waals surface area contributed by atoms with Crippen LogP contribution < -0.4 is 0 Å². The molecule has 0 bridgehead atoms. The standard InChI is InChI=1S/C10H7ClN4O4S/c11-6-2-1-5(3-7(6)15(18)19)9-12-10(14-13-9)20-4-8(16)17/h1-3H,4H2,(H,16,17)(H,12,13,14). The highest BCUT2D eigenvalue weighted by atomic mass is 35.5. The number of hydrogen-bond donors (Lipinski definition) is 2. The molecule has 0 atom stereocenters. The first-order valence-electron chi connectivity index (χ1n) is 5.18. The van der Waals surface area contributed by atoms with Crippen molar-refractivity contribution in [3.63, 3.8) is 0 Å². The molecule has 0 radical (unpaired) electrons. The molecule has 0 fully saturated rings. The third-order valence-electron chi connectivity index (χ3n) is 2.21. The lowest BCUT2D eigenvalue weighted by atomic mass is 10.2. The first-order chi connectivity index (χ1) is 9.47. The summed E-state index contributed by atoms with van der Waals surface area (Å²) in [5.41, 5.74) is 0.205. The number of nitro benzene ring substituents is 1. The second-order valence-corrected chi connectivity index (χ2v) is 4.92. The second kappa shape index (κ2) is 5.88. The van der Waals surface area contributed by atoms with Crippen LogP contribution in [-0.2, 0) is 4.79 Å². The number of rotatable bonds is 5. The van der Waals surface area contributed by atoms with Crippen molar-refractivity contribution < 1.29 is 14.8 Å². The molecule has 0 saturated carbocycles. The quantitative estimate of drug-likeness (QED) is 0.492. The summed E-state index contributed by atoms with van der Waals surface area (Å²) in [6, 6.07) is 4.22. The molecule has 0 amide bonds. The SMILES string of the molecule is O=C(O)CSc1n[nH]c(-c2ccc(Cl)c([N+](=O)[O-])c2)n1. The zero-order chi connectivity index (χ0) is 14.7. The number of nitro groups is 1. The number of hydrogen-bond acceptors (Lipinski definition) is 6. The number of nitrogens with zero attached hydrogens (tertiary/aromatic N) is 3. The monoisotopic (exact) mass is 314 g/mol. The summed E-state index contributed by atoms with van der Waals surface area (Å²) < 4.78 is 0. The van der Waals surface area contributed by atoms with Crippen molar-refractivity contribution in [3.8, 4) is 11.4 Å². The molecule has 2 rings (SSSR count). The van der Waals surface area contributed by atoms with E-state index in [2.05, 4.69) is 15.2 Å². The molecule has 0 unspecified atom stereocenters. The van der Waals surface area contributed by atoms with Crippen LogP contribution in [0.1, 0.15) is 0 Å². The van der Waals surface area contributed by atoms with Gasteiger partial charge in [-0.1, -0.05) is 23.4 Å². The summed E-state index contributed by atoms with van der Waals surface area (Å²) in [4.78, 5) is 24.7. The van der Waals surface area contributed by atoms with E-state index in [1.54, 1.807) is 6.07 Å². The van der Waals surface area contributed by atoms with Crippen molar-refractivity contribution in [2.45, 2.75) is 5.16 Å². The van der Waals surface area contributed by atoms with Gasteiger partial charge in [0.1, 0.15) is 5.02 Å². The predicted octanol–water partition coefficient (Wildman–Crippen LogP) is 2.21. The van der Waals surface area contributed by atoms with Crippen LogP contribution in [0.3, 0.4) is 0 Å². The Morgan fingerprint density at radius 3 is 2.95 bits per heavy atom. The van der Waals surface area contributed by atoms with Gasteiger partial charge in [0.25, 0.3) is 5.69 Å². The highest BCUT2D eigenvalue weighted by molar-refractivity contribution is 7.99. The van der Waals surface area contributed by atoms with E-state index >= 15 is 0 Å². The van der Waals surface area contributed by atoms with Crippen molar-refractivity contribution in [1.29, 1.82) is 0 Å². The molecule has 1 aromatic heterocycles. The summed E-state index contributed by atoms with van der Waals surface area (Å²) in [5, 5.41) is 26.0. The Bertz CT molecular complexity index is 675. The Balaban J connectivity index is 2.26. The summed E-state index contributed by atoms with van der Waals surface area (Å²) in [7, 11) is 0. The number of aromatic nitrogens is 3. The van der Waals surface area contributed by atoms with Gasteiger partial charge < -0.3 is 5.11 Å². The van der Waals surface area contributed by atoms with Gasteiger partial charge in [0, 0.05) is 11.6 Å². The number of H-pyrrole nitrogens is 1. The number of aliphatic carboxylic acids is 1. The number of aromatic amines is 1. The Morgan fingerprint density at radius 2 is 2.30 bits per heavy atom. The molecule has 1 aromatic carbocycles. The fourth-order valence-electron chi connectivity index (χ4n) is 1.37. The second-order valence-electron chi connectivity index (χ2n) is 3.57. The van der Waals surface area contributed by atoms with Crippen LogP contribution in [0.5, 0.6) is 0 Å². The lowest BCUT2D eigenvalue weighted by Crippen LogP contribution is -1.97. The van der Waals surface area contributed by atoms with Crippen molar-refractivity contribution in [2.75, 3.05) is 5.75 Å². The maximum atomic E-state index is 10.8. The van der Waals surface area contributed by atoms with Crippen LogP contribution >= 0.6 is 23.4 Å². The van der Waals surface area contributed by atoms with Crippen LogP contribution in [0.4, 0.5) is 5.69 Å². The summed E-state index contributed by atoms with van der Waals surface area (Å²) >= 11 is 6.66. The molecule has 10 heteroatoms. The van der Waals surface area contributed by atoms with Crippen LogP contribution in [0.25, 0.3) is 11.4 Å². The van der Waals surface area contributed by atoms with Gasteiger partial charge in [-0.25, -0.2) is 4.98 Å². The zero-order valence-electron chi connectivity index (χ0n) is 9.74. The Labute approximate surface area is 121 Å². The number of carbonyl (C=O) groups is 1. The van der Waals surface area contributed by atoms with Gasteiger partial charge in [0.15, 0.2) is 5.82 Å². The lowest BCUT2D eigenvalue weighted by Gasteiger charge is -1.98. The molecule has 0 spiro atoms. The van der Waals surface area contributed by atoms with Gasteiger partial charge in [0.2, 0.25) is 5.16 Å². The molecule has 2 N–H and O–H groups in total. The first-order valence-corrected chi connectivity index (χ1v) is 6.55. The van der Waals surface area contributed by atoms with E-state index in [-0.39, 0.29) is 21.6 Å². The normalized spacial score (nSPS) is 10.4. The molecule has 104 valence electrons. The molecule has 0 aliphatic heterocycles. The number of nitrogens with one attached hydrogen (secondary N) is 1. The molecule has 1 heterocycles. The Hall–Kier alpha value is -2.13. The minimum absolute atomic E-state index is 0.0266. The minimum atomic E-state index is -0.983.